The standard InChI is InChI=1S/C35H41N5O3S/c1-4-5-11-27-17-19-28(20-18-27)34(42)39-22-21-38(25-26(39)2)32(41)16-10-23-44-35-37-36-33(29-12-9-15-31(24-29)43-3)40(35)30-13-7-6-8-14-30/h6-9,12-15,17-20,24,26H,4-5,10-11,16,21-23,25H2,1-3H3. The van der Waals surface area contributed by atoms with Crippen molar-refractivity contribution >= 4 is 23.6 Å². The molecular weight excluding hydrogens is 570 g/mol. The lowest BCUT2D eigenvalue weighted by Gasteiger charge is -2.40. The number of aromatic nitrogens is 3. The Morgan fingerprint density at radius 1 is 0.955 bits per heavy atom. The molecule has 4 aromatic rings. The van der Waals surface area contributed by atoms with E-state index < -0.39 is 0 Å². The van der Waals surface area contributed by atoms with E-state index in [2.05, 4.69) is 33.8 Å². The number of aryl methyl sites for hydroxylation is 1. The van der Waals surface area contributed by atoms with E-state index in [1.807, 2.05) is 83.5 Å². The normalized spacial score (nSPS) is 14.9. The highest BCUT2D eigenvalue weighted by Crippen LogP contribution is 2.30. The van der Waals surface area contributed by atoms with Gasteiger partial charge in [0, 0.05) is 54.7 Å². The third-order valence-electron chi connectivity index (χ3n) is 8.00. The summed E-state index contributed by atoms with van der Waals surface area (Å²) in [4.78, 5) is 30.1. The van der Waals surface area contributed by atoms with E-state index in [4.69, 9.17) is 4.74 Å². The molecule has 1 aliphatic heterocycles. The summed E-state index contributed by atoms with van der Waals surface area (Å²) in [7, 11) is 1.65. The Bertz CT molecular complexity index is 1540. The number of para-hydroxylation sites is 1. The van der Waals surface area contributed by atoms with Crippen LogP contribution in [0, 0.1) is 0 Å². The summed E-state index contributed by atoms with van der Waals surface area (Å²) >= 11 is 1.60. The molecule has 1 unspecified atom stereocenters. The molecule has 2 heterocycles. The van der Waals surface area contributed by atoms with Gasteiger partial charge in [-0.3, -0.25) is 14.2 Å². The third-order valence-corrected chi connectivity index (χ3v) is 9.02. The largest absolute Gasteiger partial charge is 0.497 e. The molecule has 44 heavy (non-hydrogen) atoms. The van der Waals surface area contributed by atoms with E-state index in [1.165, 1.54) is 5.56 Å². The maximum atomic E-state index is 13.2. The van der Waals surface area contributed by atoms with E-state index >= 15 is 0 Å². The van der Waals surface area contributed by atoms with Gasteiger partial charge in [-0.2, -0.15) is 0 Å². The van der Waals surface area contributed by atoms with Gasteiger partial charge in [0.15, 0.2) is 11.0 Å². The van der Waals surface area contributed by atoms with Crippen LogP contribution in [0.3, 0.4) is 0 Å². The van der Waals surface area contributed by atoms with Crippen LogP contribution >= 0.6 is 11.8 Å². The first-order valence-corrected chi connectivity index (χ1v) is 16.4. The number of thioether (sulfide) groups is 1. The van der Waals surface area contributed by atoms with Crippen LogP contribution in [0.4, 0.5) is 0 Å². The highest BCUT2D eigenvalue weighted by Gasteiger charge is 2.30. The predicted octanol–water partition coefficient (Wildman–Crippen LogP) is 6.53. The number of benzene rings is 3. The summed E-state index contributed by atoms with van der Waals surface area (Å²) in [5.41, 5.74) is 3.87. The fraction of sp³-hybridized carbons (Fsp3) is 0.371. The lowest BCUT2D eigenvalue weighted by atomic mass is 10.0. The molecule has 0 N–H and O–H groups in total. The van der Waals surface area contributed by atoms with E-state index in [1.54, 1.807) is 18.9 Å². The summed E-state index contributed by atoms with van der Waals surface area (Å²) in [6, 6.07) is 25.8. The molecule has 0 radical (unpaired) electrons. The van der Waals surface area contributed by atoms with Crippen molar-refractivity contribution in [2.24, 2.45) is 0 Å². The maximum Gasteiger partial charge on any atom is 0.254 e. The van der Waals surface area contributed by atoms with Gasteiger partial charge in [0.05, 0.1) is 7.11 Å². The van der Waals surface area contributed by atoms with Gasteiger partial charge >= 0.3 is 0 Å². The topological polar surface area (TPSA) is 80.6 Å². The Hall–Kier alpha value is -4.11. The summed E-state index contributed by atoms with van der Waals surface area (Å²) in [6.07, 6.45) is 4.52. The van der Waals surface area contributed by atoms with Crippen LogP contribution in [-0.2, 0) is 11.2 Å². The quantitative estimate of drug-likeness (QED) is 0.134. The van der Waals surface area contributed by atoms with Gasteiger partial charge in [-0.1, -0.05) is 67.6 Å². The minimum Gasteiger partial charge on any atom is -0.497 e. The molecule has 1 atom stereocenters. The van der Waals surface area contributed by atoms with Crippen molar-refractivity contribution in [1.82, 2.24) is 24.6 Å². The molecule has 5 rings (SSSR count). The van der Waals surface area contributed by atoms with E-state index in [-0.39, 0.29) is 17.9 Å². The minimum atomic E-state index is -0.0335. The van der Waals surface area contributed by atoms with Crippen molar-refractivity contribution in [3.63, 3.8) is 0 Å². The van der Waals surface area contributed by atoms with Crippen LogP contribution in [0.2, 0.25) is 0 Å². The predicted molar refractivity (Wildman–Crippen MR) is 175 cm³/mol. The molecule has 1 fully saturated rings. The van der Waals surface area contributed by atoms with Crippen molar-refractivity contribution in [2.75, 3.05) is 32.5 Å². The number of piperazine rings is 1. The maximum absolute atomic E-state index is 13.2. The monoisotopic (exact) mass is 611 g/mol. The van der Waals surface area contributed by atoms with Crippen LogP contribution in [-0.4, -0.2) is 74.9 Å². The number of amides is 2. The zero-order valence-electron chi connectivity index (χ0n) is 25.8. The zero-order chi connectivity index (χ0) is 30.9. The molecule has 0 spiro atoms. The average Bonchev–Trinajstić information content (AvgIpc) is 3.50. The van der Waals surface area contributed by atoms with Crippen LogP contribution in [0.1, 0.15) is 55.5 Å². The van der Waals surface area contributed by atoms with Crippen molar-refractivity contribution in [3.8, 4) is 22.8 Å². The highest BCUT2D eigenvalue weighted by atomic mass is 32.2. The van der Waals surface area contributed by atoms with E-state index in [0.29, 0.717) is 31.6 Å². The first kappa shape index (κ1) is 31.3. The number of unbranched alkanes of at least 4 members (excludes halogenated alkanes) is 1. The van der Waals surface area contributed by atoms with Crippen LogP contribution in [0.5, 0.6) is 5.75 Å². The molecule has 3 aromatic carbocycles. The van der Waals surface area contributed by atoms with Crippen molar-refractivity contribution in [3.05, 3.63) is 90.0 Å². The van der Waals surface area contributed by atoms with Crippen molar-refractivity contribution in [1.29, 1.82) is 0 Å². The first-order chi connectivity index (χ1) is 21.5. The van der Waals surface area contributed by atoms with Crippen molar-refractivity contribution < 1.29 is 14.3 Å². The fourth-order valence-electron chi connectivity index (χ4n) is 5.51. The molecule has 1 aromatic heterocycles. The summed E-state index contributed by atoms with van der Waals surface area (Å²) in [6.45, 7) is 5.87. The highest BCUT2D eigenvalue weighted by molar-refractivity contribution is 7.99. The first-order valence-electron chi connectivity index (χ1n) is 15.4. The number of rotatable bonds is 12. The number of ether oxygens (including phenoxy) is 1. The number of hydrogen-bond donors (Lipinski definition) is 0. The van der Waals surface area contributed by atoms with E-state index in [0.717, 1.165) is 59.4 Å². The molecular formula is C35H41N5O3S. The van der Waals surface area contributed by atoms with Crippen molar-refractivity contribution in [2.45, 2.75) is 57.1 Å². The lowest BCUT2D eigenvalue weighted by molar-refractivity contribution is -0.133. The number of nitrogens with zero attached hydrogens (tertiary/aromatic N) is 5. The lowest BCUT2D eigenvalue weighted by Crippen LogP contribution is -2.55. The van der Waals surface area contributed by atoms with Gasteiger partial charge < -0.3 is 14.5 Å². The van der Waals surface area contributed by atoms with Gasteiger partial charge in [0.25, 0.3) is 5.91 Å². The van der Waals surface area contributed by atoms with Gasteiger partial charge in [0.2, 0.25) is 5.91 Å². The zero-order valence-corrected chi connectivity index (χ0v) is 26.6. The van der Waals surface area contributed by atoms with E-state index in [9.17, 15) is 9.59 Å². The summed E-state index contributed by atoms with van der Waals surface area (Å²) in [5.74, 6) is 2.40. The smallest absolute Gasteiger partial charge is 0.254 e. The van der Waals surface area contributed by atoms with Gasteiger partial charge in [-0.15, -0.1) is 10.2 Å². The van der Waals surface area contributed by atoms with Gasteiger partial charge in [0.1, 0.15) is 5.75 Å². The number of methoxy groups -OCH3 is 1. The molecule has 1 saturated heterocycles. The minimum absolute atomic E-state index is 0.0335. The second-order valence-corrected chi connectivity index (χ2v) is 12.2. The second kappa shape index (κ2) is 15.1. The van der Waals surface area contributed by atoms with Crippen LogP contribution in [0.15, 0.2) is 84.0 Å². The fourth-order valence-corrected chi connectivity index (χ4v) is 6.40. The number of hydrogen-bond acceptors (Lipinski definition) is 6. The summed E-state index contributed by atoms with van der Waals surface area (Å²) in [5, 5.41) is 9.81. The molecule has 230 valence electrons. The SMILES string of the molecule is CCCCc1ccc(C(=O)N2CCN(C(=O)CCCSc3nnc(-c4cccc(OC)c4)n3-c3ccccc3)CC2C)cc1. The average molecular weight is 612 g/mol. The van der Waals surface area contributed by atoms with Gasteiger partial charge in [-0.25, -0.2) is 0 Å². The number of carbonyl (C=O) groups excluding carboxylic acids is 2. The third kappa shape index (κ3) is 7.50. The molecule has 8 nitrogen and oxygen atoms in total. The Morgan fingerprint density at radius 3 is 2.48 bits per heavy atom. The Labute approximate surface area is 264 Å². The molecule has 2 amide bonds. The van der Waals surface area contributed by atoms with Crippen LogP contribution < -0.4 is 4.74 Å². The molecule has 1 aliphatic rings. The molecule has 0 bridgehead atoms. The second-order valence-electron chi connectivity index (χ2n) is 11.1. The molecule has 0 aliphatic carbocycles. The summed E-state index contributed by atoms with van der Waals surface area (Å²) < 4.78 is 7.48. The van der Waals surface area contributed by atoms with Gasteiger partial charge in [-0.05, 0) is 68.1 Å². The Morgan fingerprint density at radius 2 is 1.75 bits per heavy atom. The Balaban J connectivity index is 1.15. The Kier molecular flexibility index (Phi) is 10.7. The molecule has 9 heteroatoms. The van der Waals surface area contributed by atoms with Crippen LogP contribution in [0.25, 0.3) is 17.1 Å². The molecule has 0 saturated carbocycles. The number of carbonyl (C=O) groups is 2.